The predicted octanol–water partition coefficient (Wildman–Crippen LogP) is 3.66. The molecule has 1 N–H and O–H groups in total. The first-order valence-electron chi connectivity index (χ1n) is 10.1. The van der Waals surface area contributed by atoms with E-state index in [9.17, 15) is 17.6 Å². The van der Waals surface area contributed by atoms with E-state index in [1.807, 2.05) is 37.3 Å². The van der Waals surface area contributed by atoms with Crippen LogP contribution in [0.1, 0.15) is 11.1 Å². The number of sulfonamides is 1. The summed E-state index contributed by atoms with van der Waals surface area (Å²) in [7, 11) is -4.16. The Kier molecular flexibility index (Phi) is 7.97. The summed E-state index contributed by atoms with van der Waals surface area (Å²) in [6, 6.07) is 21.2. The van der Waals surface area contributed by atoms with Gasteiger partial charge in [0.15, 0.2) is 0 Å². The number of carbonyl (C=O) groups is 1. The van der Waals surface area contributed by atoms with Gasteiger partial charge in [-0.05, 0) is 36.8 Å². The lowest BCUT2D eigenvalue weighted by molar-refractivity contribution is -0.119. The van der Waals surface area contributed by atoms with E-state index >= 15 is 0 Å². The number of amides is 1. The van der Waals surface area contributed by atoms with Gasteiger partial charge >= 0.3 is 0 Å². The summed E-state index contributed by atoms with van der Waals surface area (Å²) in [4.78, 5) is 12.5. The average molecular weight is 457 g/mol. The summed E-state index contributed by atoms with van der Waals surface area (Å²) in [5.74, 6) is -1.30. The van der Waals surface area contributed by atoms with Crippen molar-refractivity contribution < 1.29 is 22.3 Å². The molecule has 32 heavy (non-hydrogen) atoms. The van der Waals surface area contributed by atoms with E-state index in [2.05, 4.69) is 5.32 Å². The monoisotopic (exact) mass is 456 g/mol. The van der Waals surface area contributed by atoms with Gasteiger partial charge in [0.2, 0.25) is 5.91 Å². The number of benzene rings is 3. The maximum Gasteiger partial charge on any atom is 0.264 e. The summed E-state index contributed by atoms with van der Waals surface area (Å²) >= 11 is 0. The van der Waals surface area contributed by atoms with Crippen molar-refractivity contribution in [1.82, 2.24) is 5.32 Å². The van der Waals surface area contributed by atoms with Crippen molar-refractivity contribution in [1.29, 1.82) is 0 Å². The fourth-order valence-electron chi connectivity index (χ4n) is 3.00. The van der Waals surface area contributed by atoms with Crippen molar-refractivity contribution >= 4 is 21.6 Å². The second kappa shape index (κ2) is 10.9. The molecule has 3 rings (SSSR count). The highest BCUT2D eigenvalue weighted by atomic mass is 32.2. The number of nitrogens with one attached hydrogen (secondary N) is 1. The van der Waals surface area contributed by atoms with E-state index in [1.54, 1.807) is 12.1 Å². The van der Waals surface area contributed by atoms with Crippen LogP contribution in [-0.2, 0) is 26.2 Å². The topological polar surface area (TPSA) is 75.7 Å². The molecule has 0 unspecified atom stereocenters. The van der Waals surface area contributed by atoms with Crippen LogP contribution in [0, 0.1) is 12.7 Å². The molecule has 0 heterocycles. The quantitative estimate of drug-likeness (QED) is 0.473. The Hall–Kier alpha value is -3.23. The Labute approximate surface area is 187 Å². The van der Waals surface area contributed by atoms with E-state index in [0.29, 0.717) is 6.61 Å². The van der Waals surface area contributed by atoms with Gasteiger partial charge in [0.05, 0.1) is 23.8 Å². The molecule has 6 nitrogen and oxygen atoms in total. The molecule has 8 heteroatoms. The van der Waals surface area contributed by atoms with Gasteiger partial charge in [-0.2, -0.15) is 0 Å². The van der Waals surface area contributed by atoms with E-state index in [1.165, 1.54) is 30.3 Å². The molecular formula is C24H25FN2O4S. The largest absolute Gasteiger partial charge is 0.375 e. The van der Waals surface area contributed by atoms with Crippen LogP contribution in [0.2, 0.25) is 0 Å². The number of hydrogen-bond donors (Lipinski definition) is 1. The first kappa shape index (κ1) is 23.4. The summed E-state index contributed by atoms with van der Waals surface area (Å²) in [5, 5.41) is 2.63. The molecule has 0 bridgehead atoms. The van der Waals surface area contributed by atoms with Crippen molar-refractivity contribution in [2.24, 2.45) is 0 Å². The van der Waals surface area contributed by atoms with Gasteiger partial charge in [-0.1, -0.05) is 60.2 Å². The van der Waals surface area contributed by atoms with Gasteiger partial charge in [-0.25, -0.2) is 12.8 Å². The second-order valence-corrected chi connectivity index (χ2v) is 9.03. The van der Waals surface area contributed by atoms with E-state index in [4.69, 9.17) is 4.74 Å². The van der Waals surface area contributed by atoms with Crippen molar-refractivity contribution in [2.45, 2.75) is 18.4 Å². The van der Waals surface area contributed by atoms with Gasteiger partial charge in [-0.15, -0.1) is 0 Å². The molecule has 0 spiro atoms. The summed E-state index contributed by atoms with van der Waals surface area (Å²) in [6.45, 7) is 2.13. The zero-order valence-electron chi connectivity index (χ0n) is 17.7. The molecule has 3 aromatic rings. The van der Waals surface area contributed by atoms with Crippen LogP contribution in [0.5, 0.6) is 0 Å². The molecule has 0 saturated heterocycles. The average Bonchev–Trinajstić information content (AvgIpc) is 2.79. The first-order valence-corrected chi connectivity index (χ1v) is 11.5. The molecule has 0 aliphatic carbocycles. The molecule has 0 fully saturated rings. The van der Waals surface area contributed by atoms with Gasteiger partial charge in [0.25, 0.3) is 10.0 Å². The molecule has 168 valence electrons. The smallest absolute Gasteiger partial charge is 0.264 e. The van der Waals surface area contributed by atoms with Crippen LogP contribution in [0.3, 0.4) is 0 Å². The number of para-hydroxylation sites is 1. The molecule has 0 aromatic heterocycles. The van der Waals surface area contributed by atoms with Crippen molar-refractivity contribution in [3.63, 3.8) is 0 Å². The van der Waals surface area contributed by atoms with Crippen LogP contribution < -0.4 is 9.62 Å². The second-order valence-electron chi connectivity index (χ2n) is 7.16. The molecule has 0 radical (unpaired) electrons. The van der Waals surface area contributed by atoms with Gasteiger partial charge in [0, 0.05) is 6.54 Å². The Balaban J connectivity index is 1.67. The van der Waals surface area contributed by atoms with Crippen LogP contribution in [-0.4, -0.2) is 34.0 Å². The zero-order chi connectivity index (χ0) is 23.0. The normalized spacial score (nSPS) is 11.2. The number of carbonyl (C=O) groups excluding carboxylic acids is 1. The lowest BCUT2D eigenvalue weighted by Gasteiger charge is -2.24. The van der Waals surface area contributed by atoms with Crippen LogP contribution in [0.25, 0.3) is 0 Å². The lowest BCUT2D eigenvalue weighted by Crippen LogP contribution is -2.42. The zero-order valence-corrected chi connectivity index (χ0v) is 18.5. The van der Waals surface area contributed by atoms with E-state index in [-0.39, 0.29) is 23.7 Å². The predicted molar refractivity (Wildman–Crippen MR) is 121 cm³/mol. The summed E-state index contributed by atoms with van der Waals surface area (Å²) in [6.07, 6.45) is 0. The van der Waals surface area contributed by atoms with Gasteiger partial charge < -0.3 is 10.1 Å². The fraction of sp³-hybridized carbons (Fsp3) is 0.208. The maximum absolute atomic E-state index is 14.5. The summed E-state index contributed by atoms with van der Waals surface area (Å²) < 4.78 is 47.2. The number of rotatable bonds is 10. The molecule has 0 aliphatic heterocycles. The van der Waals surface area contributed by atoms with Crippen LogP contribution in [0.15, 0.2) is 83.8 Å². The number of hydrogen-bond acceptors (Lipinski definition) is 4. The third kappa shape index (κ3) is 6.15. The Morgan fingerprint density at radius 1 is 0.969 bits per heavy atom. The minimum atomic E-state index is -4.16. The number of nitrogens with zero attached hydrogens (tertiary/aromatic N) is 1. The number of anilines is 1. The Morgan fingerprint density at radius 3 is 2.31 bits per heavy atom. The van der Waals surface area contributed by atoms with Crippen LogP contribution in [0.4, 0.5) is 10.1 Å². The number of halogens is 1. The summed E-state index contributed by atoms with van der Waals surface area (Å²) in [5.41, 5.74) is 1.70. The third-order valence-corrected chi connectivity index (χ3v) is 6.47. The number of ether oxygens (including phenoxy) is 1. The molecule has 0 saturated carbocycles. The molecule has 0 aliphatic rings. The highest BCUT2D eigenvalue weighted by molar-refractivity contribution is 7.92. The van der Waals surface area contributed by atoms with E-state index < -0.39 is 28.3 Å². The minimum Gasteiger partial charge on any atom is -0.375 e. The van der Waals surface area contributed by atoms with Crippen LogP contribution >= 0.6 is 0 Å². The highest BCUT2D eigenvalue weighted by Crippen LogP contribution is 2.26. The Morgan fingerprint density at radius 2 is 1.62 bits per heavy atom. The maximum atomic E-state index is 14.5. The van der Waals surface area contributed by atoms with Crippen molar-refractivity contribution in [3.05, 3.63) is 95.8 Å². The SMILES string of the molecule is Cc1ccc(S(=O)(=O)N(CC(=O)NCCOCc2ccccc2)c2ccccc2F)cc1. The minimum absolute atomic E-state index is 0.0228. The number of aryl methyl sites for hydroxylation is 1. The standard InChI is InChI=1S/C24H25FN2O4S/c1-19-11-13-21(14-12-19)32(29,30)27(23-10-6-5-9-22(23)25)17-24(28)26-15-16-31-18-20-7-3-2-4-8-20/h2-14H,15-18H2,1H3,(H,26,28). The van der Waals surface area contributed by atoms with E-state index in [0.717, 1.165) is 21.5 Å². The molecule has 0 atom stereocenters. The van der Waals surface area contributed by atoms with Crippen molar-refractivity contribution in [3.8, 4) is 0 Å². The lowest BCUT2D eigenvalue weighted by atomic mass is 10.2. The fourth-order valence-corrected chi connectivity index (χ4v) is 4.43. The molecular weight excluding hydrogens is 431 g/mol. The highest BCUT2D eigenvalue weighted by Gasteiger charge is 2.29. The van der Waals surface area contributed by atoms with Gasteiger partial charge in [0.1, 0.15) is 12.4 Å². The van der Waals surface area contributed by atoms with Gasteiger partial charge in [-0.3, -0.25) is 9.10 Å². The third-order valence-electron chi connectivity index (χ3n) is 4.70. The molecule has 1 amide bonds. The molecule has 3 aromatic carbocycles. The first-order chi connectivity index (χ1) is 15.4. The Bertz CT molecular complexity index is 1140. The van der Waals surface area contributed by atoms with Crippen molar-refractivity contribution in [2.75, 3.05) is 24.0 Å².